The molecule has 1 heterocycles. The Morgan fingerprint density at radius 2 is 1.86 bits per heavy atom. The molecule has 0 radical (unpaired) electrons. The molecule has 1 rings (SSSR count). The summed E-state index contributed by atoms with van der Waals surface area (Å²) < 4.78 is 36.6. The number of hydrogen-bond donors (Lipinski definition) is 1. The zero-order valence-corrected chi connectivity index (χ0v) is 7.68. The van der Waals surface area contributed by atoms with E-state index in [9.17, 15) is 13.2 Å². The highest BCUT2D eigenvalue weighted by Crippen LogP contribution is 2.26. The van der Waals surface area contributed by atoms with Crippen LogP contribution in [0.1, 0.15) is 18.6 Å². The molecule has 0 aliphatic heterocycles. The summed E-state index contributed by atoms with van der Waals surface area (Å²) in [6.45, 7) is 3.59. The highest BCUT2D eigenvalue weighted by atomic mass is 19.4. The first-order valence-electron chi connectivity index (χ1n) is 3.97. The number of nitrogens with one attached hydrogen (secondary N) is 1. The fourth-order valence-corrected chi connectivity index (χ4v) is 0.846. The maximum Gasteiger partial charge on any atom is 0.451 e. The molecular formula is C7H9F3N4. The van der Waals surface area contributed by atoms with E-state index < -0.39 is 12.0 Å². The molecule has 78 valence electrons. The van der Waals surface area contributed by atoms with Crippen molar-refractivity contribution in [1.82, 2.24) is 15.0 Å². The minimum Gasteiger partial charge on any atom is -0.354 e. The zero-order valence-electron chi connectivity index (χ0n) is 7.68. The number of hydrogen-bond acceptors (Lipinski definition) is 4. The second-order valence-electron chi connectivity index (χ2n) is 2.56. The zero-order chi connectivity index (χ0) is 10.8. The summed E-state index contributed by atoms with van der Waals surface area (Å²) in [5, 5.41) is 2.60. The molecule has 0 saturated carbocycles. The SMILES string of the molecule is CCNc1nc(C)nc(C(F)(F)F)n1. The van der Waals surface area contributed by atoms with Crippen LogP contribution >= 0.6 is 0 Å². The van der Waals surface area contributed by atoms with Gasteiger partial charge in [-0.05, 0) is 13.8 Å². The molecule has 0 atom stereocenters. The highest BCUT2D eigenvalue weighted by Gasteiger charge is 2.35. The molecule has 1 aromatic heterocycles. The van der Waals surface area contributed by atoms with E-state index in [1.54, 1.807) is 6.92 Å². The van der Waals surface area contributed by atoms with Crippen LogP contribution in [0.3, 0.4) is 0 Å². The lowest BCUT2D eigenvalue weighted by atomic mass is 10.5. The third kappa shape index (κ3) is 2.54. The van der Waals surface area contributed by atoms with Gasteiger partial charge in [0.05, 0.1) is 0 Å². The second kappa shape index (κ2) is 3.77. The van der Waals surface area contributed by atoms with E-state index in [-0.39, 0.29) is 11.8 Å². The number of alkyl halides is 3. The van der Waals surface area contributed by atoms with Crippen LogP contribution in [0.5, 0.6) is 0 Å². The van der Waals surface area contributed by atoms with Crippen LogP contribution in [0.2, 0.25) is 0 Å². The van der Waals surface area contributed by atoms with E-state index in [0.717, 1.165) is 0 Å². The normalized spacial score (nSPS) is 11.5. The second-order valence-corrected chi connectivity index (χ2v) is 2.56. The van der Waals surface area contributed by atoms with Crippen molar-refractivity contribution in [1.29, 1.82) is 0 Å². The van der Waals surface area contributed by atoms with Crippen molar-refractivity contribution in [3.05, 3.63) is 11.6 Å². The van der Waals surface area contributed by atoms with Gasteiger partial charge in [0.2, 0.25) is 11.8 Å². The van der Waals surface area contributed by atoms with E-state index >= 15 is 0 Å². The van der Waals surface area contributed by atoms with Gasteiger partial charge in [0.15, 0.2) is 0 Å². The molecule has 0 fully saturated rings. The fourth-order valence-electron chi connectivity index (χ4n) is 0.846. The molecule has 0 spiro atoms. The predicted octanol–water partition coefficient (Wildman–Crippen LogP) is 1.63. The maximum absolute atomic E-state index is 12.2. The lowest BCUT2D eigenvalue weighted by Gasteiger charge is -2.07. The standard InChI is InChI=1S/C7H9F3N4/c1-3-11-6-13-4(2)12-5(14-6)7(8,9)10/h3H2,1-2H3,(H,11,12,13,14). The Hall–Kier alpha value is -1.40. The van der Waals surface area contributed by atoms with Gasteiger partial charge in [-0.25, -0.2) is 4.98 Å². The van der Waals surface area contributed by atoms with Gasteiger partial charge in [-0.3, -0.25) is 0 Å². The van der Waals surface area contributed by atoms with Gasteiger partial charge in [0.25, 0.3) is 0 Å². The summed E-state index contributed by atoms with van der Waals surface area (Å²) in [4.78, 5) is 10.1. The molecule has 0 bridgehead atoms. The third-order valence-corrected chi connectivity index (χ3v) is 1.34. The Kier molecular flexibility index (Phi) is 2.87. The molecule has 4 nitrogen and oxygen atoms in total. The van der Waals surface area contributed by atoms with Crippen LogP contribution in [0.15, 0.2) is 0 Å². The van der Waals surface area contributed by atoms with Gasteiger partial charge in [-0.2, -0.15) is 23.1 Å². The van der Waals surface area contributed by atoms with E-state index in [2.05, 4.69) is 20.3 Å². The highest BCUT2D eigenvalue weighted by molar-refractivity contribution is 5.24. The van der Waals surface area contributed by atoms with Crippen molar-refractivity contribution in [2.75, 3.05) is 11.9 Å². The fraction of sp³-hybridized carbons (Fsp3) is 0.571. The Morgan fingerprint density at radius 3 is 2.36 bits per heavy atom. The van der Waals surface area contributed by atoms with Crippen LogP contribution in [-0.4, -0.2) is 21.5 Å². The number of halogens is 3. The maximum atomic E-state index is 12.2. The van der Waals surface area contributed by atoms with E-state index in [1.165, 1.54) is 6.92 Å². The lowest BCUT2D eigenvalue weighted by molar-refractivity contribution is -0.145. The van der Waals surface area contributed by atoms with Gasteiger partial charge in [-0.15, -0.1) is 0 Å². The molecule has 0 unspecified atom stereocenters. The molecule has 0 aromatic carbocycles. The lowest BCUT2D eigenvalue weighted by Crippen LogP contribution is -2.15. The van der Waals surface area contributed by atoms with Crippen molar-refractivity contribution in [2.24, 2.45) is 0 Å². The predicted molar refractivity (Wildman–Crippen MR) is 43.7 cm³/mol. The monoisotopic (exact) mass is 206 g/mol. The van der Waals surface area contributed by atoms with Crippen LogP contribution < -0.4 is 5.32 Å². The molecule has 0 amide bonds. The third-order valence-electron chi connectivity index (χ3n) is 1.34. The van der Waals surface area contributed by atoms with Crippen molar-refractivity contribution in [3.8, 4) is 0 Å². The number of aryl methyl sites for hydroxylation is 1. The van der Waals surface area contributed by atoms with Gasteiger partial charge < -0.3 is 5.32 Å². The first-order valence-corrected chi connectivity index (χ1v) is 3.97. The summed E-state index contributed by atoms with van der Waals surface area (Å²) in [5.41, 5.74) is 0. The van der Waals surface area contributed by atoms with Gasteiger partial charge >= 0.3 is 6.18 Å². The number of nitrogens with zero attached hydrogens (tertiary/aromatic N) is 3. The molecule has 1 N–H and O–H groups in total. The van der Waals surface area contributed by atoms with Crippen LogP contribution in [-0.2, 0) is 6.18 Å². The summed E-state index contributed by atoms with van der Waals surface area (Å²) in [6, 6.07) is 0. The van der Waals surface area contributed by atoms with Crippen molar-refractivity contribution >= 4 is 5.95 Å². The first kappa shape index (κ1) is 10.7. The number of rotatable bonds is 2. The van der Waals surface area contributed by atoms with Crippen LogP contribution in [0, 0.1) is 6.92 Å². The topological polar surface area (TPSA) is 50.7 Å². The van der Waals surface area contributed by atoms with Gasteiger partial charge in [0.1, 0.15) is 5.82 Å². The first-order chi connectivity index (χ1) is 6.43. The molecule has 0 aliphatic rings. The average molecular weight is 206 g/mol. The smallest absolute Gasteiger partial charge is 0.354 e. The average Bonchev–Trinajstić information content (AvgIpc) is 2.02. The summed E-state index contributed by atoms with van der Waals surface area (Å²) in [6.07, 6.45) is -4.53. The van der Waals surface area contributed by atoms with Crippen molar-refractivity contribution in [2.45, 2.75) is 20.0 Å². The van der Waals surface area contributed by atoms with Gasteiger partial charge in [0, 0.05) is 6.54 Å². The molecule has 1 aromatic rings. The van der Waals surface area contributed by atoms with E-state index in [1.807, 2.05) is 0 Å². The molecule has 0 saturated heterocycles. The number of aromatic nitrogens is 3. The number of anilines is 1. The molecular weight excluding hydrogens is 197 g/mol. The Labute approximate surface area is 78.6 Å². The molecule has 0 aliphatic carbocycles. The van der Waals surface area contributed by atoms with E-state index in [0.29, 0.717) is 6.54 Å². The summed E-state index contributed by atoms with van der Waals surface area (Å²) in [7, 11) is 0. The van der Waals surface area contributed by atoms with Crippen molar-refractivity contribution < 1.29 is 13.2 Å². The minimum atomic E-state index is -4.53. The minimum absolute atomic E-state index is 0.0447. The molecule has 7 heteroatoms. The quantitative estimate of drug-likeness (QED) is 0.799. The largest absolute Gasteiger partial charge is 0.451 e. The van der Waals surface area contributed by atoms with E-state index in [4.69, 9.17) is 0 Å². The summed E-state index contributed by atoms with van der Waals surface area (Å²) >= 11 is 0. The van der Waals surface area contributed by atoms with Crippen LogP contribution in [0.25, 0.3) is 0 Å². The Bertz CT molecular complexity index is 323. The van der Waals surface area contributed by atoms with Crippen molar-refractivity contribution in [3.63, 3.8) is 0 Å². The molecule has 14 heavy (non-hydrogen) atoms. The summed E-state index contributed by atoms with van der Waals surface area (Å²) in [5.74, 6) is -1.17. The Balaban J connectivity index is 3.07. The van der Waals surface area contributed by atoms with Gasteiger partial charge in [-0.1, -0.05) is 0 Å². The van der Waals surface area contributed by atoms with Crippen LogP contribution in [0.4, 0.5) is 19.1 Å². The Morgan fingerprint density at radius 1 is 1.21 bits per heavy atom.